The van der Waals surface area contributed by atoms with Gasteiger partial charge in [-0.1, -0.05) is 30.3 Å². The van der Waals surface area contributed by atoms with Gasteiger partial charge in [-0.25, -0.2) is 5.43 Å². The summed E-state index contributed by atoms with van der Waals surface area (Å²) in [4.78, 5) is 27.0. The SMILES string of the molecule is O=C(CNC(=O)c1ccncc1)N/N=C/c1ccccc1. The molecule has 1 heterocycles. The van der Waals surface area contributed by atoms with Crippen molar-refractivity contribution in [2.75, 3.05) is 6.54 Å². The van der Waals surface area contributed by atoms with Crippen molar-refractivity contribution in [2.45, 2.75) is 0 Å². The first-order valence-electron chi connectivity index (χ1n) is 6.31. The molecule has 0 bridgehead atoms. The van der Waals surface area contributed by atoms with Crippen LogP contribution in [0.2, 0.25) is 0 Å². The Morgan fingerprint density at radius 1 is 1.10 bits per heavy atom. The third-order valence-electron chi connectivity index (χ3n) is 2.55. The first kappa shape index (κ1) is 14.4. The summed E-state index contributed by atoms with van der Waals surface area (Å²) in [5.41, 5.74) is 3.66. The van der Waals surface area contributed by atoms with Crippen LogP contribution in [0.15, 0.2) is 60.0 Å². The number of amides is 2. The van der Waals surface area contributed by atoms with Crippen molar-refractivity contribution in [3.63, 3.8) is 0 Å². The second kappa shape index (κ2) is 7.54. The number of aromatic nitrogens is 1. The zero-order chi connectivity index (χ0) is 14.9. The lowest BCUT2D eigenvalue weighted by Crippen LogP contribution is -2.34. The van der Waals surface area contributed by atoms with E-state index in [0.717, 1.165) is 5.56 Å². The Labute approximate surface area is 121 Å². The molecule has 0 unspecified atom stereocenters. The summed E-state index contributed by atoms with van der Waals surface area (Å²) in [7, 11) is 0. The highest BCUT2D eigenvalue weighted by atomic mass is 16.2. The molecule has 0 radical (unpaired) electrons. The van der Waals surface area contributed by atoms with Gasteiger partial charge in [0.05, 0.1) is 12.8 Å². The van der Waals surface area contributed by atoms with E-state index in [9.17, 15) is 9.59 Å². The quantitative estimate of drug-likeness (QED) is 0.633. The Hall–Kier alpha value is -3.02. The van der Waals surface area contributed by atoms with Crippen LogP contribution in [-0.4, -0.2) is 29.6 Å². The summed E-state index contributed by atoms with van der Waals surface area (Å²) in [5.74, 6) is -0.732. The van der Waals surface area contributed by atoms with Gasteiger partial charge in [0, 0.05) is 18.0 Å². The third-order valence-corrected chi connectivity index (χ3v) is 2.55. The maximum atomic E-state index is 11.7. The van der Waals surface area contributed by atoms with Gasteiger partial charge in [-0.05, 0) is 17.7 Å². The molecule has 1 aromatic heterocycles. The van der Waals surface area contributed by atoms with Gasteiger partial charge in [0.15, 0.2) is 0 Å². The summed E-state index contributed by atoms with van der Waals surface area (Å²) >= 11 is 0. The number of nitrogens with zero attached hydrogens (tertiary/aromatic N) is 2. The molecule has 0 atom stereocenters. The maximum Gasteiger partial charge on any atom is 0.259 e. The number of pyridine rings is 1. The molecule has 6 nitrogen and oxygen atoms in total. The molecule has 106 valence electrons. The largest absolute Gasteiger partial charge is 0.343 e. The highest BCUT2D eigenvalue weighted by Crippen LogP contribution is 1.95. The minimum Gasteiger partial charge on any atom is -0.343 e. The standard InChI is InChI=1S/C15H14N4O2/c20-14(19-18-10-12-4-2-1-3-5-12)11-17-15(21)13-6-8-16-9-7-13/h1-10H,11H2,(H,17,21)(H,19,20)/b18-10+. The van der Waals surface area contributed by atoms with Crippen LogP contribution in [0.4, 0.5) is 0 Å². The smallest absolute Gasteiger partial charge is 0.259 e. The van der Waals surface area contributed by atoms with E-state index in [1.165, 1.54) is 18.6 Å². The lowest BCUT2D eigenvalue weighted by molar-refractivity contribution is -0.120. The lowest BCUT2D eigenvalue weighted by atomic mass is 10.2. The van der Waals surface area contributed by atoms with E-state index in [-0.39, 0.29) is 12.5 Å². The molecule has 2 rings (SSSR count). The Balaban J connectivity index is 1.75. The van der Waals surface area contributed by atoms with Gasteiger partial charge >= 0.3 is 0 Å². The van der Waals surface area contributed by atoms with Gasteiger partial charge < -0.3 is 5.32 Å². The zero-order valence-corrected chi connectivity index (χ0v) is 11.2. The van der Waals surface area contributed by atoms with Gasteiger partial charge in [-0.2, -0.15) is 5.10 Å². The van der Waals surface area contributed by atoms with Gasteiger partial charge in [0.2, 0.25) is 0 Å². The van der Waals surface area contributed by atoms with Gasteiger partial charge in [-0.15, -0.1) is 0 Å². The van der Waals surface area contributed by atoms with E-state index in [1.54, 1.807) is 12.1 Å². The van der Waals surface area contributed by atoms with Gasteiger partial charge in [-0.3, -0.25) is 14.6 Å². The summed E-state index contributed by atoms with van der Waals surface area (Å²) in [6, 6.07) is 12.5. The number of carbonyl (C=O) groups excluding carboxylic acids is 2. The van der Waals surface area contributed by atoms with Crippen LogP contribution >= 0.6 is 0 Å². The number of hydrogen-bond donors (Lipinski definition) is 2. The zero-order valence-electron chi connectivity index (χ0n) is 11.2. The fraction of sp³-hybridized carbons (Fsp3) is 0.0667. The molecule has 21 heavy (non-hydrogen) atoms. The fourth-order valence-electron chi connectivity index (χ4n) is 1.52. The van der Waals surface area contributed by atoms with E-state index in [4.69, 9.17) is 0 Å². The normalized spacial score (nSPS) is 10.3. The average molecular weight is 282 g/mol. The summed E-state index contributed by atoms with van der Waals surface area (Å²) in [6.07, 6.45) is 4.56. The molecule has 0 saturated carbocycles. The van der Waals surface area contributed by atoms with E-state index < -0.39 is 5.91 Å². The van der Waals surface area contributed by atoms with Crippen LogP contribution in [-0.2, 0) is 4.79 Å². The van der Waals surface area contributed by atoms with Crippen molar-refractivity contribution < 1.29 is 9.59 Å². The highest BCUT2D eigenvalue weighted by Gasteiger charge is 2.06. The Morgan fingerprint density at radius 3 is 2.52 bits per heavy atom. The number of benzene rings is 1. The second-order valence-electron chi connectivity index (χ2n) is 4.12. The number of carbonyl (C=O) groups is 2. The van der Waals surface area contributed by atoms with Gasteiger partial charge in [0.25, 0.3) is 11.8 Å². The monoisotopic (exact) mass is 282 g/mol. The molecule has 6 heteroatoms. The van der Waals surface area contributed by atoms with E-state index in [0.29, 0.717) is 5.56 Å². The number of hydrazone groups is 1. The third kappa shape index (κ3) is 4.87. The van der Waals surface area contributed by atoms with E-state index in [2.05, 4.69) is 20.8 Å². The molecule has 2 N–H and O–H groups in total. The molecule has 0 saturated heterocycles. The Morgan fingerprint density at radius 2 is 1.81 bits per heavy atom. The predicted octanol–water partition coefficient (Wildman–Crippen LogP) is 0.962. The van der Waals surface area contributed by atoms with Crippen molar-refractivity contribution in [2.24, 2.45) is 5.10 Å². The number of rotatable bonds is 5. The Kier molecular flexibility index (Phi) is 5.17. The topological polar surface area (TPSA) is 83.5 Å². The van der Waals surface area contributed by atoms with Crippen LogP contribution in [0.3, 0.4) is 0 Å². The molecule has 0 fully saturated rings. The molecule has 0 aliphatic rings. The minimum atomic E-state index is -0.399. The molecule has 0 aliphatic carbocycles. The van der Waals surface area contributed by atoms with E-state index >= 15 is 0 Å². The Bertz CT molecular complexity index is 627. The maximum absolute atomic E-state index is 11.7. The van der Waals surface area contributed by atoms with Crippen molar-refractivity contribution in [1.29, 1.82) is 0 Å². The molecular weight excluding hydrogens is 268 g/mol. The van der Waals surface area contributed by atoms with E-state index in [1.807, 2.05) is 30.3 Å². The van der Waals surface area contributed by atoms with Crippen LogP contribution < -0.4 is 10.7 Å². The van der Waals surface area contributed by atoms with Crippen LogP contribution in [0.1, 0.15) is 15.9 Å². The van der Waals surface area contributed by atoms with Crippen molar-refractivity contribution in [1.82, 2.24) is 15.7 Å². The van der Waals surface area contributed by atoms with Crippen LogP contribution in [0, 0.1) is 0 Å². The van der Waals surface area contributed by atoms with Crippen LogP contribution in [0.25, 0.3) is 0 Å². The molecule has 2 aromatic rings. The summed E-state index contributed by atoms with van der Waals surface area (Å²) in [6.45, 7) is -0.146. The predicted molar refractivity (Wildman–Crippen MR) is 78.7 cm³/mol. The summed E-state index contributed by atoms with van der Waals surface area (Å²) in [5, 5.41) is 6.30. The van der Waals surface area contributed by atoms with Gasteiger partial charge in [0.1, 0.15) is 0 Å². The highest BCUT2D eigenvalue weighted by molar-refractivity contribution is 5.96. The molecule has 0 aliphatic heterocycles. The summed E-state index contributed by atoms with van der Waals surface area (Å²) < 4.78 is 0. The minimum absolute atomic E-state index is 0.146. The number of hydrogen-bond acceptors (Lipinski definition) is 4. The molecular formula is C15H14N4O2. The second-order valence-corrected chi connectivity index (χ2v) is 4.12. The first-order valence-corrected chi connectivity index (χ1v) is 6.31. The average Bonchev–Trinajstić information content (AvgIpc) is 2.54. The molecule has 0 spiro atoms. The van der Waals surface area contributed by atoms with Crippen molar-refractivity contribution in [3.8, 4) is 0 Å². The van der Waals surface area contributed by atoms with Crippen molar-refractivity contribution >= 4 is 18.0 Å². The number of nitrogens with one attached hydrogen (secondary N) is 2. The molecule has 2 amide bonds. The fourth-order valence-corrected chi connectivity index (χ4v) is 1.52. The lowest BCUT2D eigenvalue weighted by Gasteiger charge is -2.03. The first-order chi connectivity index (χ1) is 10.3. The molecule has 1 aromatic carbocycles. The van der Waals surface area contributed by atoms with Crippen LogP contribution in [0.5, 0.6) is 0 Å². The van der Waals surface area contributed by atoms with Crippen molar-refractivity contribution in [3.05, 3.63) is 66.0 Å².